The van der Waals surface area contributed by atoms with Crippen molar-refractivity contribution in [3.05, 3.63) is 0 Å². The SMILES string of the molecule is OB(O)O.OB(O)O.OB(O)O.OB(O)O.[Na+].[O-]B(O)O. The summed E-state index contributed by atoms with van der Waals surface area (Å²) in [7, 11) is -11.1. The summed E-state index contributed by atoms with van der Waals surface area (Å²) in [6.07, 6.45) is 0. The van der Waals surface area contributed by atoms with E-state index in [4.69, 9.17) is 75.4 Å². The Balaban J connectivity index is -0.0000000331. The van der Waals surface area contributed by atoms with Gasteiger partial charge in [0.1, 0.15) is 0 Å². The average molecular weight is 331 g/mol. The minimum atomic E-state index is -2.42. The van der Waals surface area contributed by atoms with E-state index in [2.05, 4.69) is 0 Å². The Bertz CT molecular complexity index is 80.6. The topological polar surface area (TPSA) is 306 Å². The molecule has 21 heteroatoms. The maximum atomic E-state index is 8.64. The second-order valence-electron chi connectivity index (χ2n) is 1.71. The van der Waals surface area contributed by atoms with Gasteiger partial charge in [0.25, 0.3) is 0 Å². The predicted octanol–water partition coefficient (Wildman–Crippen LogP) is -13.9. The van der Waals surface area contributed by atoms with Gasteiger partial charge >= 0.3 is 66.2 Å². The molecule has 0 aromatic rings. The molecule has 0 unspecified atom stereocenters. The Morgan fingerprint density at radius 3 is 0.381 bits per heavy atom. The van der Waals surface area contributed by atoms with E-state index in [-0.39, 0.29) is 29.6 Å². The van der Waals surface area contributed by atoms with Gasteiger partial charge < -0.3 is 75.4 Å². The van der Waals surface area contributed by atoms with Crippen molar-refractivity contribution >= 4 is 36.6 Å². The summed E-state index contributed by atoms with van der Waals surface area (Å²) >= 11 is 0. The van der Waals surface area contributed by atoms with Crippen molar-refractivity contribution < 1.29 is 105 Å². The molecule has 0 rings (SSSR count). The van der Waals surface area contributed by atoms with Crippen LogP contribution in [0.5, 0.6) is 0 Å². The van der Waals surface area contributed by atoms with Crippen molar-refractivity contribution in [3.63, 3.8) is 0 Å². The molecule has 0 aliphatic heterocycles. The van der Waals surface area contributed by atoms with E-state index in [0.717, 1.165) is 0 Å². The van der Waals surface area contributed by atoms with Crippen LogP contribution in [-0.4, -0.2) is 107 Å². The summed E-state index contributed by atoms with van der Waals surface area (Å²) in [5, 5.41) is 109. The fourth-order valence-electron chi connectivity index (χ4n) is 0. The summed E-state index contributed by atoms with van der Waals surface area (Å²) in [6, 6.07) is 0. The smallest absolute Gasteiger partial charge is 0.832 e. The summed E-state index contributed by atoms with van der Waals surface area (Å²) < 4.78 is 0. The normalized spacial score (nSPS) is 6.43. The quantitative estimate of drug-likeness (QED) is 0.183. The summed E-state index contributed by atoms with van der Waals surface area (Å²) in [5.41, 5.74) is 0. The van der Waals surface area contributed by atoms with Crippen LogP contribution in [-0.2, 0) is 0 Å². The van der Waals surface area contributed by atoms with Crippen molar-refractivity contribution in [2.24, 2.45) is 0 Å². The van der Waals surface area contributed by atoms with Crippen LogP contribution in [0, 0.1) is 0 Å². The second kappa shape index (κ2) is 32.6. The fourth-order valence-corrected chi connectivity index (χ4v) is 0. The van der Waals surface area contributed by atoms with Crippen LogP contribution in [0.2, 0.25) is 0 Å². The Hall–Kier alpha value is 0.725. The predicted molar refractivity (Wildman–Crippen MR) is 59.8 cm³/mol. The van der Waals surface area contributed by atoms with Gasteiger partial charge in [0.05, 0.1) is 0 Å². The molecule has 0 heterocycles. The van der Waals surface area contributed by atoms with Gasteiger partial charge in [-0.3, -0.25) is 0 Å². The summed E-state index contributed by atoms with van der Waals surface area (Å²) in [5.74, 6) is 0. The van der Waals surface area contributed by atoms with E-state index in [0.29, 0.717) is 0 Å². The maximum absolute atomic E-state index is 8.64. The van der Waals surface area contributed by atoms with Gasteiger partial charge in [0.2, 0.25) is 0 Å². The molecule has 14 N–H and O–H groups in total. The van der Waals surface area contributed by atoms with E-state index in [9.17, 15) is 0 Å². The zero-order chi connectivity index (χ0) is 17.9. The van der Waals surface area contributed by atoms with Crippen LogP contribution in [0.4, 0.5) is 0 Å². The van der Waals surface area contributed by atoms with E-state index >= 15 is 0 Å². The standard InChI is InChI=1S/4BH3O3.BH2O3.Na/c5*2-1(3)4;/h4*2-4H;2-3H;/q;;;;-1;+1. The first-order valence-corrected chi connectivity index (χ1v) is 3.85. The van der Waals surface area contributed by atoms with Gasteiger partial charge in [-0.25, -0.2) is 0 Å². The zero-order valence-corrected chi connectivity index (χ0v) is 12.6. The molecule has 0 aliphatic carbocycles. The third-order valence-corrected chi connectivity index (χ3v) is 0. The summed E-state index contributed by atoms with van der Waals surface area (Å²) in [6.45, 7) is 0. The molecule has 0 aromatic carbocycles. The molecule has 0 amide bonds. The van der Waals surface area contributed by atoms with Gasteiger partial charge in [-0.15, -0.1) is 0 Å². The van der Waals surface area contributed by atoms with Gasteiger partial charge in [0.15, 0.2) is 0 Å². The van der Waals surface area contributed by atoms with Crippen LogP contribution in [0.25, 0.3) is 0 Å². The first-order chi connectivity index (χ1) is 8.66. The van der Waals surface area contributed by atoms with Crippen molar-refractivity contribution in [3.8, 4) is 0 Å². The van der Waals surface area contributed by atoms with Gasteiger partial charge in [-0.2, -0.15) is 0 Å². The Kier molecular flexibility index (Phi) is 58.6. The van der Waals surface area contributed by atoms with Crippen molar-refractivity contribution in [1.29, 1.82) is 0 Å². The van der Waals surface area contributed by atoms with Gasteiger partial charge in [0, 0.05) is 0 Å². The first kappa shape index (κ1) is 37.7. The average Bonchev–Trinajstić information content (AvgIpc) is 1.94. The minimum Gasteiger partial charge on any atom is -0.832 e. The monoisotopic (exact) mass is 332 g/mol. The van der Waals surface area contributed by atoms with Crippen LogP contribution < -0.4 is 34.6 Å². The van der Waals surface area contributed by atoms with E-state index in [1.165, 1.54) is 0 Å². The number of rotatable bonds is 0. The minimum absolute atomic E-state index is 0. The Morgan fingerprint density at radius 2 is 0.381 bits per heavy atom. The molecule has 0 atom stereocenters. The first-order valence-electron chi connectivity index (χ1n) is 3.85. The third-order valence-electron chi connectivity index (χ3n) is 0. The van der Waals surface area contributed by atoms with E-state index in [1.807, 2.05) is 0 Å². The van der Waals surface area contributed by atoms with Crippen LogP contribution in [0.15, 0.2) is 0 Å². The van der Waals surface area contributed by atoms with Crippen molar-refractivity contribution in [2.75, 3.05) is 0 Å². The molecule has 0 fully saturated rings. The van der Waals surface area contributed by atoms with Gasteiger partial charge in [-0.05, 0) is 0 Å². The number of hydrogen-bond donors (Lipinski definition) is 14. The second-order valence-corrected chi connectivity index (χ2v) is 1.71. The van der Waals surface area contributed by atoms with E-state index in [1.54, 1.807) is 0 Å². The largest absolute Gasteiger partial charge is 1.00 e. The molecule has 0 saturated carbocycles. The van der Waals surface area contributed by atoms with Crippen LogP contribution in [0.1, 0.15) is 0 Å². The molecule has 0 spiro atoms. The molecule has 0 saturated heterocycles. The molecule has 21 heavy (non-hydrogen) atoms. The van der Waals surface area contributed by atoms with Crippen molar-refractivity contribution in [1.82, 2.24) is 0 Å². The third kappa shape index (κ3) is 13800. The zero-order valence-electron chi connectivity index (χ0n) is 10.6. The van der Waals surface area contributed by atoms with E-state index < -0.39 is 36.6 Å². The Labute approximate surface area is 141 Å². The molecule has 0 radical (unpaired) electrons. The molecule has 0 aliphatic rings. The number of hydrogen-bond acceptors (Lipinski definition) is 15. The molecular formula is H14B5NaO15. The molecule has 15 nitrogen and oxygen atoms in total. The van der Waals surface area contributed by atoms with Crippen LogP contribution in [0.3, 0.4) is 0 Å². The maximum Gasteiger partial charge on any atom is 1.00 e. The van der Waals surface area contributed by atoms with Crippen molar-refractivity contribution in [2.45, 2.75) is 0 Å². The molecule has 120 valence electrons. The fraction of sp³-hybridized carbons (Fsp3) is 0. The Morgan fingerprint density at radius 1 is 0.381 bits per heavy atom. The molecule has 0 bridgehead atoms. The molecular weight excluding hydrogens is 317 g/mol. The summed E-state index contributed by atoms with van der Waals surface area (Å²) in [4.78, 5) is 0. The van der Waals surface area contributed by atoms with Crippen LogP contribution >= 0.6 is 0 Å². The van der Waals surface area contributed by atoms with Gasteiger partial charge in [-0.1, -0.05) is 0 Å². The molecule has 0 aromatic heterocycles.